The summed E-state index contributed by atoms with van der Waals surface area (Å²) in [5.41, 5.74) is 0.281. The van der Waals surface area contributed by atoms with E-state index in [4.69, 9.17) is 4.42 Å². The van der Waals surface area contributed by atoms with E-state index in [0.29, 0.717) is 6.42 Å². The van der Waals surface area contributed by atoms with Crippen molar-refractivity contribution in [2.24, 2.45) is 0 Å². The van der Waals surface area contributed by atoms with Gasteiger partial charge in [0.25, 0.3) is 5.91 Å². The Kier molecular flexibility index (Phi) is 5.51. The molecule has 0 aliphatic heterocycles. The summed E-state index contributed by atoms with van der Waals surface area (Å²) < 4.78 is 43.1. The fourth-order valence-corrected chi connectivity index (χ4v) is 2.42. The fourth-order valence-electron chi connectivity index (χ4n) is 1.90. The Hall–Kier alpha value is -2.19. The molecule has 0 unspecified atom stereocenters. The lowest BCUT2D eigenvalue weighted by Gasteiger charge is -2.04. The van der Waals surface area contributed by atoms with Gasteiger partial charge in [-0.2, -0.15) is 0 Å². The van der Waals surface area contributed by atoms with E-state index in [9.17, 15) is 17.6 Å². The molecule has 0 fully saturated rings. The van der Waals surface area contributed by atoms with Crippen LogP contribution < -0.4 is 10.0 Å². The van der Waals surface area contributed by atoms with Crippen molar-refractivity contribution in [3.05, 3.63) is 48.0 Å². The molecule has 0 atom stereocenters. The van der Waals surface area contributed by atoms with Gasteiger partial charge in [-0.25, -0.2) is 17.5 Å². The van der Waals surface area contributed by atoms with Crippen LogP contribution in [-0.2, 0) is 10.0 Å². The van der Waals surface area contributed by atoms with Crippen LogP contribution in [0.1, 0.15) is 17.0 Å². The lowest BCUT2D eigenvalue weighted by Crippen LogP contribution is -2.29. The highest BCUT2D eigenvalue weighted by molar-refractivity contribution is 7.88. The molecule has 0 saturated heterocycles. The van der Waals surface area contributed by atoms with E-state index in [1.165, 1.54) is 18.2 Å². The lowest BCUT2D eigenvalue weighted by atomic mass is 10.1. The van der Waals surface area contributed by atoms with Crippen molar-refractivity contribution in [2.45, 2.75) is 6.42 Å². The first-order valence-electron chi connectivity index (χ1n) is 6.94. The summed E-state index contributed by atoms with van der Waals surface area (Å²) in [7, 11) is -3.23. The summed E-state index contributed by atoms with van der Waals surface area (Å²) in [4.78, 5) is 11.9. The Labute approximate surface area is 133 Å². The maximum absolute atomic E-state index is 13.7. The zero-order valence-corrected chi connectivity index (χ0v) is 13.3. The van der Waals surface area contributed by atoms with E-state index >= 15 is 0 Å². The molecular weight excluding hydrogens is 323 g/mol. The molecule has 2 N–H and O–H groups in total. The number of halogens is 1. The molecule has 0 aliphatic rings. The van der Waals surface area contributed by atoms with Gasteiger partial charge in [0, 0.05) is 13.1 Å². The average molecular weight is 340 g/mol. The van der Waals surface area contributed by atoms with E-state index < -0.39 is 21.7 Å². The van der Waals surface area contributed by atoms with E-state index in [2.05, 4.69) is 10.0 Å². The molecule has 1 aromatic heterocycles. The van der Waals surface area contributed by atoms with Crippen molar-refractivity contribution >= 4 is 15.9 Å². The van der Waals surface area contributed by atoms with Gasteiger partial charge in [-0.3, -0.25) is 4.79 Å². The lowest BCUT2D eigenvalue weighted by molar-refractivity contribution is 0.0926. The monoisotopic (exact) mass is 340 g/mol. The Morgan fingerprint density at radius 1 is 1.17 bits per heavy atom. The van der Waals surface area contributed by atoms with Crippen LogP contribution in [0.3, 0.4) is 0 Å². The van der Waals surface area contributed by atoms with Gasteiger partial charge < -0.3 is 9.73 Å². The van der Waals surface area contributed by atoms with Crippen LogP contribution in [0, 0.1) is 5.82 Å². The normalized spacial score (nSPS) is 11.4. The first kappa shape index (κ1) is 17.2. The van der Waals surface area contributed by atoms with Crippen molar-refractivity contribution in [2.75, 3.05) is 19.3 Å². The highest BCUT2D eigenvalue weighted by Gasteiger charge is 2.13. The minimum Gasteiger partial charge on any atom is -0.451 e. The van der Waals surface area contributed by atoms with E-state index in [0.717, 1.165) is 6.26 Å². The van der Waals surface area contributed by atoms with Crippen LogP contribution >= 0.6 is 0 Å². The van der Waals surface area contributed by atoms with Crippen molar-refractivity contribution in [1.29, 1.82) is 0 Å². The van der Waals surface area contributed by atoms with Crippen LogP contribution in [-0.4, -0.2) is 33.7 Å². The van der Waals surface area contributed by atoms with Crippen molar-refractivity contribution in [3.63, 3.8) is 0 Å². The first-order chi connectivity index (χ1) is 10.9. The van der Waals surface area contributed by atoms with Crippen molar-refractivity contribution in [1.82, 2.24) is 10.0 Å². The smallest absolute Gasteiger partial charge is 0.287 e. The highest BCUT2D eigenvalue weighted by Crippen LogP contribution is 2.24. The Balaban J connectivity index is 1.88. The Morgan fingerprint density at radius 3 is 2.61 bits per heavy atom. The molecule has 2 rings (SSSR count). The predicted octanol–water partition coefficient (Wildman–Crippen LogP) is 1.75. The molecular formula is C15H17FN2O4S. The van der Waals surface area contributed by atoms with Gasteiger partial charge in [0.1, 0.15) is 11.6 Å². The van der Waals surface area contributed by atoms with Crippen LogP contribution in [0.5, 0.6) is 0 Å². The highest BCUT2D eigenvalue weighted by atomic mass is 32.2. The molecule has 124 valence electrons. The van der Waals surface area contributed by atoms with Gasteiger partial charge in [-0.15, -0.1) is 0 Å². The number of nitrogens with one attached hydrogen (secondary N) is 2. The summed E-state index contributed by atoms with van der Waals surface area (Å²) in [6.07, 6.45) is 1.51. The van der Waals surface area contributed by atoms with E-state index in [1.54, 1.807) is 18.2 Å². The second-order valence-corrected chi connectivity index (χ2v) is 6.75. The molecule has 0 spiro atoms. The third-order valence-electron chi connectivity index (χ3n) is 2.97. The van der Waals surface area contributed by atoms with Gasteiger partial charge in [-0.05, 0) is 30.7 Å². The summed E-state index contributed by atoms with van der Waals surface area (Å²) in [6, 6.07) is 9.11. The summed E-state index contributed by atoms with van der Waals surface area (Å²) in [5, 5.41) is 2.60. The quantitative estimate of drug-likeness (QED) is 0.752. The average Bonchev–Trinajstić information content (AvgIpc) is 2.95. The molecule has 0 bridgehead atoms. The minimum atomic E-state index is -3.23. The summed E-state index contributed by atoms with van der Waals surface area (Å²) in [5.74, 6) is -0.529. The van der Waals surface area contributed by atoms with Crippen molar-refractivity contribution in [3.8, 4) is 11.3 Å². The number of rotatable bonds is 7. The standard InChI is InChI=1S/C15H17FN2O4S/c1-23(20,21)18-10-4-9-17-15(19)14-8-7-13(22-14)11-5-2-3-6-12(11)16/h2-3,5-8,18H,4,9-10H2,1H3,(H,17,19). The fraction of sp³-hybridized carbons (Fsp3) is 0.267. The Bertz CT molecular complexity index is 786. The maximum atomic E-state index is 13.7. The van der Waals surface area contributed by atoms with Gasteiger partial charge in [-0.1, -0.05) is 12.1 Å². The van der Waals surface area contributed by atoms with E-state index in [-0.39, 0.29) is 30.2 Å². The number of carbonyl (C=O) groups is 1. The zero-order valence-electron chi connectivity index (χ0n) is 12.5. The minimum absolute atomic E-state index is 0.0688. The molecule has 8 heteroatoms. The van der Waals surface area contributed by atoms with Crippen LogP contribution in [0.2, 0.25) is 0 Å². The van der Waals surface area contributed by atoms with Gasteiger partial charge in [0.2, 0.25) is 10.0 Å². The number of benzene rings is 1. The largest absolute Gasteiger partial charge is 0.451 e. The summed E-state index contributed by atoms with van der Waals surface area (Å²) in [6.45, 7) is 0.523. The first-order valence-corrected chi connectivity index (χ1v) is 8.83. The van der Waals surface area contributed by atoms with Crippen LogP contribution in [0.4, 0.5) is 4.39 Å². The van der Waals surface area contributed by atoms with Gasteiger partial charge in [0.05, 0.1) is 11.8 Å². The molecule has 6 nitrogen and oxygen atoms in total. The number of hydrogen-bond donors (Lipinski definition) is 2. The van der Waals surface area contributed by atoms with Crippen LogP contribution in [0.15, 0.2) is 40.8 Å². The third kappa shape index (κ3) is 5.19. The topological polar surface area (TPSA) is 88.4 Å². The molecule has 2 aromatic rings. The SMILES string of the molecule is CS(=O)(=O)NCCCNC(=O)c1ccc(-c2ccccc2F)o1. The zero-order chi connectivity index (χ0) is 16.9. The van der Waals surface area contributed by atoms with Crippen LogP contribution in [0.25, 0.3) is 11.3 Å². The number of carbonyl (C=O) groups excluding carboxylic acids is 1. The third-order valence-corrected chi connectivity index (χ3v) is 3.70. The molecule has 0 aliphatic carbocycles. The van der Waals surface area contributed by atoms with Gasteiger partial charge in [0.15, 0.2) is 5.76 Å². The second kappa shape index (κ2) is 7.38. The Morgan fingerprint density at radius 2 is 1.91 bits per heavy atom. The maximum Gasteiger partial charge on any atom is 0.287 e. The number of sulfonamides is 1. The molecule has 1 aromatic carbocycles. The number of amides is 1. The predicted molar refractivity (Wildman–Crippen MR) is 83.9 cm³/mol. The van der Waals surface area contributed by atoms with Gasteiger partial charge >= 0.3 is 0 Å². The molecule has 1 amide bonds. The molecule has 0 radical (unpaired) electrons. The van der Waals surface area contributed by atoms with E-state index in [1.807, 2.05) is 0 Å². The molecule has 23 heavy (non-hydrogen) atoms. The molecule has 0 saturated carbocycles. The number of hydrogen-bond acceptors (Lipinski definition) is 4. The molecule has 1 heterocycles. The van der Waals surface area contributed by atoms with Crippen molar-refractivity contribution < 1.29 is 22.0 Å². The second-order valence-electron chi connectivity index (χ2n) is 4.92. The number of furan rings is 1. The summed E-state index contributed by atoms with van der Waals surface area (Å²) >= 11 is 0.